The summed E-state index contributed by atoms with van der Waals surface area (Å²) in [7, 11) is 0. The molecule has 0 atom stereocenters. The van der Waals surface area contributed by atoms with Gasteiger partial charge < -0.3 is 0 Å². The van der Waals surface area contributed by atoms with E-state index in [1.807, 2.05) is 0 Å². The van der Waals surface area contributed by atoms with Gasteiger partial charge in [-0.15, -0.1) is 0 Å². The zero-order chi connectivity index (χ0) is 10.5. The third-order valence-electron chi connectivity index (χ3n) is 3.09. The summed E-state index contributed by atoms with van der Waals surface area (Å²) in [5, 5.41) is 7.44. The van der Waals surface area contributed by atoms with Crippen molar-refractivity contribution in [2.24, 2.45) is 5.92 Å². The Morgan fingerprint density at radius 1 is 1.13 bits per heavy atom. The van der Waals surface area contributed by atoms with Crippen LogP contribution in [0.2, 0.25) is 0 Å². The number of ketones is 1. The lowest BCUT2D eigenvalue weighted by atomic mass is 9.92. The molecule has 15 heavy (non-hydrogen) atoms. The Morgan fingerprint density at radius 2 is 1.87 bits per heavy atom. The summed E-state index contributed by atoms with van der Waals surface area (Å²) in [5.74, 6) is 0.475. The molecule has 0 aliphatic heterocycles. The first-order valence-corrected chi connectivity index (χ1v) is 5.69. The van der Waals surface area contributed by atoms with Crippen molar-refractivity contribution >= 4 is 5.78 Å². The van der Waals surface area contributed by atoms with E-state index in [1.54, 1.807) is 18.5 Å². The summed E-state index contributed by atoms with van der Waals surface area (Å²) < 4.78 is 0. The fourth-order valence-electron chi connectivity index (χ4n) is 2.21. The fourth-order valence-corrected chi connectivity index (χ4v) is 2.21. The van der Waals surface area contributed by atoms with Crippen molar-refractivity contribution in [3.05, 3.63) is 24.0 Å². The Kier molecular flexibility index (Phi) is 3.43. The first-order valence-electron chi connectivity index (χ1n) is 5.69. The summed E-state index contributed by atoms with van der Waals surface area (Å²) in [6.45, 7) is 0. The summed E-state index contributed by atoms with van der Waals surface area (Å²) >= 11 is 0. The minimum Gasteiger partial charge on any atom is -0.294 e. The number of aromatic nitrogens is 2. The van der Waals surface area contributed by atoms with E-state index in [0.717, 1.165) is 18.4 Å². The van der Waals surface area contributed by atoms with E-state index in [0.29, 0.717) is 0 Å². The number of carbonyl (C=O) groups excluding carboxylic acids is 1. The highest BCUT2D eigenvalue weighted by Gasteiger charge is 2.21. The lowest BCUT2D eigenvalue weighted by Gasteiger charge is -2.11. The molecule has 1 heterocycles. The van der Waals surface area contributed by atoms with E-state index < -0.39 is 0 Å². The first kappa shape index (κ1) is 10.3. The van der Waals surface area contributed by atoms with E-state index in [9.17, 15) is 4.79 Å². The Morgan fingerprint density at radius 3 is 2.47 bits per heavy atom. The van der Waals surface area contributed by atoms with Crippen LogP contribution >= 0.6 is 0 Å². The summed E-state index contributed by atoms with van der Waals surface area (Å²) in [5.41, 5.74) is 0.719. The number of Topliss-reactive ketones (excluding diaryl/α,β-unsaturated/α-hetero) is 1. The van der Waals surface area contributed by atoms with Crippen LogP contribution in [0.3, 0.4) is 0 Å². The van der Waals surface area contributed by atoms with E-state index in [4.69, 9.17) is 0 Å². The van der Waals surface area contributed by atoms with E-state index in [1.165, 1.54) is 25.7 Å². The molecule has 0 saturated heterocycles. The molecule has 1 aliphatic rings. The van der Waals surface area contributed by atoms with Gasteiger partial charge in [0.1, 0.15) is 0 Å². The molecule has 2 rings (SSSR count). The maximum atomic E-state index is 12.1. The molecule has 0 spiro atoms. The molecule has 80 valence electrons. The highest BCUT2D eigenvalue weighted by molar-refractivity contribution is 5.97. The van der Waals surface area contributed by atoms with Gasteiger partial charge in [0, 0.05) is 11.5 Å². The molecule has 0 unspecified atom stereocenters. The summed E-state index contributed by atoms with van der Waals surface area (Å²) in [4.78, 5) is 12.1. The normalized spacial score (nSPS) is 18.4. The molecule has 1 aromatic heterocycles. The first-order chi connectivity index (χ1) is 7.38. The zero-order valence-corrected chi connectivity index (χ0v) is 8.85. The van der Waals surface area contributed by atoms with Gasteiger partial charge in [-0.25, -0.2) is 0 Å². The van der Waals surface area contributed by atoms with Gasteiger partial charge >= 0.3 is 0 Å². The summed E-state index contributed by atoms with van der Waals surface area (Å²) in [6, 6.07) is 1.76. The van der Waals surface area contributed by atoms with Crippen LogP contribution in [0.15, 0.2) is 18.5 Å². The van der Waals surface area contributed by atoms with Crippen LogP contribution in [-0.2, 0) is 0 Å². The van der Waals surface area contributed by atoms with Crippen molar-refractivity contribution in [2.75, 3.05) is 0 Å². The van der Waals surface area contributed by atoms with Crippen LogP contribution in [0, 0.1) is 5.92 Å². The maximum Gasteiger partial charge on any atom is 0.167 e. The van der Waals surface area contributed by atoms with Crippen molar-refractivity contribution in [1.82, 2.24) is 10.2 Å². The second-order valence-electron chi connectivity index (χ2n) is 4.18. The topological polar surface area (TPSA) is 42.9 Å². The minimum atomic E-state index is 0.219. The quantitative estimate of drug-likeness (QED) is 0.549. The molecule has 3 heteroatoms. The van der Waals surface area contributed by atoms with Gasteiger partial charge in [-0.05, 0) is 18.9 Å². The molecule has 1 aliphatic carbocycles. The average molecular weight is 204 g/mol. The molecular weight excluding hydrogens is 188 g/mol. The molecule has 1 aromatic rings. The van der Waals surface area contributed by atoms with Gasteiger partial charge in [-0.2, -0.15) is 10.2 Å². The lowest BCUT2D eigenvalue weighted by Crippen LogP contribution is -2.14. The van der Waals surface area contributed by atoms with Gasteiger partial charge in [0.05, 0.1) is 12.4 Å². The number of carbonyl (C=O) groups is 1. The monoisotopic (exact) mass is 204 g/mol. The Balaban J connectivity index is 2.06. The van der Waals surface area contributed by atoms with Crippen LogP contribution in [0.1, 0.15) is 48.9 Å². The molecule has 3 nitrogen and oxygen atoms in total. The number of hydrogen-bond donors (Lipinski definition) is 0. The van der Waals surface area contributed by atoms with Gasteiger partial charge in [-0.3, -0.25) is 4.79 Å². The second kappa shape index (κ2) is 5.01. The van der Waals surface area contributed by atoms with Crippen molar-refractivity contribution in [2.45, 2.75) is 38.5 Å². The predicted octanol–water partition coefficient (Wildman–Crippen LogP) is 2.63. The smallest absolute Gasteiger partial charge is 0.167 e. The largest absolute Gasteiger partial charge is 0.294 e. The Labute approximate surface area is 89.9 Å². The van der Waals surface area contributed by atoms with E-state index >= 15 is 0 Å². The SMILES string of the molecule is O=C(c1ccnnc1)C1CCCCCC1. The van der Waals surface area contributed by atoms with Crippen LogP contribution in [-0.4, -0.2) is 16.0 Å². The zero-order valence-electron chi connectivity index (χ0n) is 8.85. The van der Waals surface area contributed by atoms with Crippen molar-refractivity contribution in [3.63, 3.8) is 0 Å². The third-order valence-corrected chi connectivity index (χ3v) is 3.09. The third kappa shape index (κ3) is 2.61. The lowest BCUT2D eigenvalue weighted by molar-refractivity contribution is 0.0907. The predicted molar refractivity (Wildman–Crippen MR) is 57.6 cm³/mol. The molecule has 1 fully saturated rings. The van der Waals surface area contributed by atoms with Gasteiger partial charge in [0.15, 0.2) is 5.78 Å². The Bertz CT molecular complexity index is 316. The summed E-state index contributed by atoms with van der Waals surface area (Å²) in [6.07, 6.45) is 10.2. The van der Waals surface area contributed by atoms with Crippen molar-refractivity contribution in [1.29, 1.82) is 0 Å². The maximum absolute atomic E-state index is 12.1. The van der Waals surface area contributed by atoms with Crippen LogP contribution in [0.25, 0.3) is 0 Å². The molecule has 0 N–H and O–H groups in total. The minimum absolute atomic E-state index is 0.219. The van der Waals surface area contributed by atoms with Gasteiger partial charge in [0.2, 0.25) is 0 Å². The average Bonchev–Trinajstić information content (AvgIpc) is 2.58. The number of rotatable bonds is 2. The molecule has 0 bridgehead atoms. The molecule has 0 aromatic carbocycles. The van der Waals surface area contributed by atoms with Gasteiger partial charge in [0.25, 0.3) is 0 Å². The molecular formula is C12H16N2O. The van der Waals surface area contributed by atoms with E-state index in [-0.39, 0.29) is 11.7 Å². The standard InChI is InChI=1S/C12H16N2O/c15-12(11-7-8-13-14-9-11)10-5-3-1-2-4-6-10/h7-10H,1-6H2. The van der Waals surface area contributed by atoms with Gasteiger partial charge in [-0.1, -0.05) is 25.7 Å². The number of hydrogen-bond acceptors (Lipinski definition) is 3. The highest BCUT2D eigenvalue weighted by atomic mass is 16.1. The van der Waals surface area contributed by atoms with E-state index in [2.05, 4.69) is 10.2 Å². The highest BCUT2D eigenvalue weighted by Crippen LogP contribution is 2.25. The van der Waals surface area contributed by atoms with Crippen molar-refractivity contribution < 1.29 is 4.79 Å². The van der Waals surface area contributed by atoms with Crippen molar-refractivity contribution in [3.8, 4) is 0 Å². The number of nitrogens with zero attached hydrogens (tertiary/aromatic N) is 2. The van der Waals surface area contributed by atoms with Crippen LogP contribution < -0.4 is 0 Å². The van der Waals surface area contributed by atoms with Crippen LogP contribution in [0.5, 0.6) is 0 Å². The molecule has 0 radical (unpaired) electrons. The second-order valence-corrected chi connectivity index (χ2v) is 4.18. The van der Waals surface area contributed by atoms with Crippen LogP contribution in [0.4, 0.5) is 0 Å². The molecule has 0 amide bonds. The Hall–Kier alpha value is -1.25. The molecule has 1 saturated carbocycles. The fraction of sp³-hybridized carbons (Fsp3) is 0.583.